The normalized spacial score (nSPS) is 18.2. The molecule has 9 heteroatoms. The third-order valence-corrected chi connectivity index (χ3v) is 4.62. The quantitative estimate of drug-likeness (QED) is 0.866. The van der Waals surface area contributed by atoms with Gasteiger partial charge in [0.25, 0.3) is 0 Å². The minimum absolute atomic E-state index is 0.0695. The number of amides is 1. The Bertz CT molecular complexity index is 868. The van der Waals surface area contributed by atoms with Gasteiger partial charge in [0, 0.05) is 43.6 Å². The van der Waals surface area contributed by atoms with Crippen LogP contribution in [0.2, 0.25) is 0 Å². The number of nitrogens with zero attached hydrogens (tertiary/aromatic N) is 2. The van der Waals surface area contributed by atoms with E-state index in [-0.39, 0.29) is 29.8 Å². The van der Waals surface area contributed by atoms with Gasteiger partial charge in [0.2, 0.25) is 5.91 Å². The van der Waals surface area contributed by atoms with Gasteiger partial charge in [-0.2, -0.15) is 0 Å². The summed E-state index contributed by atoms with van der Waals surface area (Å²) in [7, 11) is 0. The molecule has 2 aliphatic heterocycles. The van der Waals surface area contributed by atoms with Crippen molar-refractivity contribution in [1.29, 1.82) is 0 Å². The Labute approximate surface area is 159 Å². The summed E-state index contributed by atoms with van der Waals surface area (Å²) in [5.41, 5.74) is 1.30. The molecule has 6 nitrogen and oxygen atoms in total. The van der Waals surface area contributed by atoms with E-state index in [0.717, 1.165) is 18.8 Å². The Morgan fingerprint density at radius 3 is 2.39 bits per heavy atom. The van der Waals surface area contributed by atoms with E-state index in [1.807, 2.05) is 4.90 Å². The third kappa shape index (κ3) is 4.14. The molecule has 2 aromatic rings. The number of benzene rings is 2. The Hall–Kier alpha value is -2.94. The number of fused-ring (bicyclic) bond motifs is 1. The lowest BCUT2D eigenvalue weighted by atomic mass is 10.2. The molecule has 0 saturated carbocycles. The lowest BCUT2D eigenvalue weighted by molar-refractivity contribution is -0.286. The number of hydrogen-bond donors (Lipinski definition) is 1. The van der Waals surface area contributed by atoms with Crippen molar-refractivity contribution >= 4 is 17.3 Å². The van der Waals surface area contributed by atoms with Gasteiger partial charge >= 0.3 is 6.29 Å². The molecular formula is C19H18F3N3O3. The molecule has 1 fully saturated rings. The van der Waals surface area contributed by atoms with Gasteiger partial charge in [-0.25, -0.2) is 4.39 Å². The molecule has 2 aliphatic rings. The fourth-order valence-corrected chi connectivity index (χ4v) is 3.25. The van der Waals surface area contributed by atoms with Gasteiger partial charge < -0.3 is 19.7 Å². The molecule has 4 rings (SSSR count). The maximum Gasteiger partial charge on any atom is 0.586 e. The lowest BCUT2D eigenvalue weighted by Gasteiger charge is -2.35. The molecule has 1 amide bonds. The van der Waals surface area contributed by atoms with E-state index < -0.39 is 6.29 Å². The van der Waals surface area contributed by atoms with Gasteiger partial charge in [-0.3, -0.25) is 9.69 Å². The second-order valence-electron chi connectivity index (χ2n) is 6.62. The van der Waals surface area contributed by atoms with Gasteiger partial charge in [0.1, 0.15) is 5.82 Å². The third-order valence-electron chi connectivity index (χ3n) is 4.62. The molecule has 0 unspecified atom stereocenters. The van der Waals surface area contributed by atoms with Gasteiger partial charge in [0.05, 0.1) is 6.54 Å². The first-order valence-electron chi connectivity index (χ1n) is 8.81. The summed E-state index contributed by atoms with van der Waals surface area (Å²) >= 11 is 0. The minimum Gasteiger partial charge on any atom is -0.395 e. The van der Waals surface area contributed by atoms with E-state index in [4.69, 9.17) is 0 Å². The SMILES string of the molecule is O=C(CN1CCN(c2ccc(F)cc2)CC1)Nc1ccc2c(c1)OC(F)(F)O2. The Morgan fingerprint density at radius 2 is 1.68 bits per heavy atom. The number of carbonyl (C=O) groups excluding carboxylic acids is 1. The van der Waals surface area contributed by atoms with Crippen LogP contribution in [-0.2, 0) is 4.79 Å². The molecule has 0 aromatic heterocycles. The molecule has 0 aliphatic carbocycles. The number of nitrogens with one attached hydrogen (secondary N) is 1. The van der Waals surface area contributed by atoms with E-state index in [1.54, 1.807) is 12.1 Å². The van der Waals surface area contributed by atoms with Crippen molar-refractivity contribution in [3.05, 3.63) is 48.3 Å². The monoisotopic (exact) mass is 393 g/mol. The molecule has 2 heterocycles. The Balaban J connectivity index is 1.28. The molecule has 0 spiro atoms. The number of ether oxygens (including phenoxy) is 2. The van der Waals surface area contributed by atoms with Gasteiger partial charge in [-0.15, -0.1) is 8.78 Å². The van der Waals surface area contributed by atoms with Gasteiger partial charge in [-0.1, -0.05) is 0 Å². The minimum atomic E-state index is -3.69. The average molecular weight is 393 g/mol. The molecule has 0 radical (unpaired) electrons. The molecule has 2 aromatic carbocycles. The van der Waals surface area contributed by atoms with Crippen molar-refractivity contribution in [2.24, 2.45) is 0 Å². The summed E-state index contributed by atoms with van der Waals surface area (Å²) in [4.78, 5) is 16.4. The molecule has 1 saturated heterocycles. The highest BCUT2D eigenvalue weighted by Crippen LogP contribution is 2.42. The first-order valence-corrected chi connectivity index (χ1v) is 8.81. The summed E-state index contributed by atoms with van der Waals surface area (Å²) in [6.45, 7) is 2.98. The summed E-state index contributed by atoms with van der Waals surface area (Å²) in [5.74, 6) is -0.706. The summed E-state index contributed by atoms with van der Waals surface area (Å²) in [6.07, 6.45) is -3.69. The number of alkyl halides is 2. The lowest BCUT2D eigenvalue weighted by Crippen LogP contribution is -2.48. The van der Waals surface area contributed by atoms with Crippen LogP contribution in [0, 0.1) is 5.82 Å². The van der Waals surface area contributed by atoms with E-state index in [1.165, 1.54) is 30.3 Å². The van der Waals surface area contributed by atoms with Crippen LogP contribution in [-0.4, -0.2) is 49.8 Å². The van der Waals surface area contributed by atoms with Crippen LogP contribution in [0.1, 0.15) is 0 Å². The predicted octanol–water partition coefficient (Wildman–Crippen LogP) is 2.91. The van der Waals surface area contributed by atoms with Gasteiger partial charge in [-0.05, 0) is 36.4 Å². The molecule has 0 atom stereocenters. The second-order valence-corrected chi connectivity index (χ2v) is 6.62. The molecular weight excluding hydrogens is 375 g/mol. The Kier molecular flexibility index (Phi) is 4.76. The van der Waals surface area contributed by atoms with Crippen LogP contribution >= 0.6 is 0 Å². The van der Waals surface area contributed by atoms with Crippen molar-refractivity contribution < 1.29 is 27.4 Å². The summed E-state index contributed by atoms with van der Waals surface area (Å²) < 4.78 is 47.8. The summed E-state index contributed by atoms with van der Waals surface area (Å²) in [6, 6.07) is 10.4. The first-order chi connectivity index (χ1) is 13.4. The van der Waals surface area contributed by atoms with Crippen molar-refractivity contribution in [3.8, 4) is 11.5 Å². The number of piperazine rings is 1. The van der Waals surface area contributed by atoms with E-state index in [9.17, 15) is 18.0 Å². The number of anilines is 2. The first kappa shape index (κ1) is 18.4. The molecule has 148 valence electrons. The zero-order valence-corrected chi connectivity index (χ0v) is 14.8. The number of rotatable bonds is 4. The largest absolute Gasteiger partial charge is 0.586 e. The highest BCUT2D eigenvalue weighted by molar-refractivity contribution is 5.92. The maximum atomic E-state index is 13.1. The van der Waals surface area contributed by atoms with Crippen molar-refractivity contribution in [2.45, 2.75) is 6.29 Å². The van der Waals surface area contributed by atoms with Crippen LogP contribution in [0.4, 0.5) is 24.5 Å². The van der Waals surface area contributed by atoms with Crippen LogP contribution in [0.15, 0.2) is 42.5 Å². The van der Waals surface area contributed by atoms with E-state index in [2.05, 4.69) is 19.7 Å². The number of halogens is 3. The standard InChI is InChI=1S/C19H18F3N3O3/c20-13-1-4-15(5-2-13)25-9-7-24(8-10-25)12-18(26)23-14-3-6-16-17(11-14)28-19(21,22)27-16/h1-6,11H,7-10,12H2,(H,23,26). The molecule has 1 N–H and O–H groups in total. The second kappa shape index (κ2) is 7.23. The van der Waals surface area contributed by atoms with E-state index >= 15 is 0 Å². The smallest absolute Gasteiger partial charge is 0.395 e. The van der Waals surface area contributed by atoms with E-state index in [0.29, 0.717) is 18.8 Å². The number of carbonyl (C=O) groups is 1. The molecule has 28 heavy (non-hydrogen) atoms. The fraction of sp³-hybridized carbons (Fsp3) is 0.316. The Morgan fingerprint density at radius 1 is 1.00 bits per heavy atom. The zero-order valence-electron chi connectivity index (χ0n) is 14.8. The highest BCUT2D eigenvalue weighted by atomic mass is 19.3. The number of hydrogen-bond acceptors (Lipinski definition) is 5. The van der Waals surface area contributed by atoms with Gasteiger partial charge in [0.15, 0.2) is 11.5 Å². The summed E-state index contributed by atoms with van der Waals surface area (Å²) in [5, 5.41) is 2.68. The van der Waals surface area contributed by atoms with Crippen LogP contribution in [0.25, 0.3) is 0 Å². The van der Waals surface area contributed by atoms with Crippen LogP contribution < -0.4 is 19.7 Å². The van der Waals surface area contributed by atoms with Crippen LogP contribution in [0.3, 0.4) is 0 Å². The van der Waals surface area contributed by atoms with Crippen molar-refractivity contribution in [3.63, 3.8) is 0 Å². The zero-order chi connectivity index (χ0) is 19.7. The maximum absolute atomic E-state index is 13.1. The highest BCUT2D eigenvalue weighted by Gasteiger charge is 2.43. The fourth-order valence-electron chi connectivity index (χ4n) is 3.25. The predicted molar refractivity (Wildman–Crippen MR) is 96.3 cm³/mol. The van der Waals surface area contributed by atoms with Crippen molar-refractivity contribution in [2.75, 3.05) is 42.9 Å². The van der Waals surface area contributed by atoms with Crippen LogP contribution in [0.5, 0.6) is 11.5 Å². The van der Waals surface area contributed by atoms with Crippen molar-refractivity contribution in [1.82, 2.24) is 4.90 Å². The average Bonchev–Trinajstić information content (AvgIpc) is 2.96. The topological polar surface area (TPSA) is 54.0 Å². The molecule has 0 bridgehead atoms.